The number of hydrogen-bond donors (Lipinski definition) is 0. The Morgan fingerprint density at radius 1 is 1.23 bits per heavy atom. The molecule has 0 aliphatic heterocycles. The lowest BCUT2D eigenvalue weighted by Gasteiger charge is -2.27. The molecule has 2 aliphatic rings. The van der Waals surface area contributed by atoms with E-state index in [1.165, 1.54) is 12.1 Å². The van der Waals surface area contributed by atoms with E-state index in [1.54, 1.807) is 6.07 Å². The number of halogens is 3. The molecule has 2 nitrogen and oxygen atoms in total. The van der Waals surface area contributed by atoms with Gasteiger partial charge >= 0.3 is 6.18 Å². The second kappa shape index (κ2) is 5.28. The van der Waals surface area contributed by atoms with Crippen LogP contribution in [0, 0.1) is 5.92 Å². The van der Waals surface area contributed by atoms with E-state index in [4.69, 9.17) is 0 Å². The van der Waals surface area contributed by atoms with E-state index in [9.17, 15) is 18.0 Å². The largest absolute Gasteiger partial charge is 0.416 e. The Morgan fingerprint density at radius 2 is 1.86 bits per heavy atom. The molecule has 0 spiro atoms. The van der Waals surface area contributed by atoms with E-state index in [-0.39, 0.29) is 29.3 Å². The fourth-order valence-corrected chi connectivity index (χ4v) is 3.29. The average molecular weight is 311 g/mol. The van der Waals surface area contributed by atoms with Crippen molar-refractivity contribution in [2.24, 2.45) is 5.92 Å². The van der Waals surface area contributed by atoms with Crippen LogP contribution >= 0.6 is 0 Å². The van der Waals surface area contributed by atoms with Crippen LogP contribution in [0.3, 0.4) is 0 Å². The summed E-state index contributed by atoms with van der Waals surface area (Å²) in [5.41, 5.74) is -0.328. The van der Waals surface area contributed by atoms with Crippen LogP contribution in [-0.4, -0.2) is 22.9 Å². The summed E-state index contributed by atoms with van der Waals surface area (Å²) in [6.45, 7) is 3.94. The highest BCUT2D eigenvalue weighted by Gasteiger charge is 2.51. The summed E-state index contributed by atoms with van der Waals surface area (Å²) < 4.78 is 39.3. The second-order valence-electron chi connectivity index (χ2n) is 6.60. The molecule has 22 heavy (non-hydrogen) atoms. The summed E-state index contributed by atoms with van der Waals surface area (Å²) in [6, 6.07) is 6.04. The molecule has 2 aliphatic carbocycles. The molecule has 2 atom stereocenters. The zero-order chi connectivity index (χ0) is 16.1. The Morgan fingerprint density at radius 3 is 2.41 bits per heavy atom. The lowest BCUT2D eigenvalue weighted by molar-refractivity contribution is -0.139. The van der Waals surface area contributed by atoms with Gasteiger partial charge < -0.3 is 4.90 Å². The minimum atomic E-state index is -4.36. The fraction of sp³-hybridized carbons (Fsp3) is 0.588. The molecular formula is C17H20F3NO. The number of carbonyl (C=O) groups excluding carboxylic acids is 1. The number of hydrogen-bond acceptors (Lipinski definition) is 1. The Hall–Kier alpha value is -1.52. The van der Waals surface area contributed by atoms with Crippen LogP contribution in [0.5, 0.6) is 0 Å². The van der Waals surface area contributed by atoms with Crippen molar-refractivity contribution in [2.45, 2.75) is 57.3 Å². The summed E-state index contributed by atoms with van der Waals surface area (Å²) in [5.74, 6) is -0.545. The van der Waals surface area contributed by atoms with Gasteiger partial charge in [0.05, 0.1) is 5.56 Å². The molecule has 0 saturated heterocycles. The van der Waals surface area contributed by atoms with Crippen molar-refractivity contribution in [1.29, 1.82) is 0 Å². The van der Waals surface area contributed by atoms with Crippen LogP contribution in [0.15, 0.2) is 24.3 Å². The maximum Gasteiger partial charge on any atom is 0.416 e. The van der Waals surface area contributed by atoms with Gasteiger partial charge in [0, 0.05) is 18.0 Å². The standard InChI is InChI=1S/C17H20F3NO/c1-10(2)21(11-7-8-11)16(22)14-9-13(14)12-5-3-4-6-15(12)17(18,19)20/h3-6,10-11,13-14H,7-9H2,1-2H3. The van der Waals surface area contributed by atoms with Gasteiger partial charge in [-0.25, -0.2) is 0 Å². The second-order valence-corrected chi connectivity index (χ2v) is 6.60. The first kappa shape index (κ1) is 15.4. The summed E-state index contributed by atoms with van der Waals surface area (Å²) in [4.78, 5) is 14.5. The maximum absolute atomic E-state index is 13.1. The van der Waals surface area contributed by atoms with Gasteiger partial charge in [0.15, 0.2) is 0 Å². The van der Waals surface area contributed by atoms with E-state index in [2.05, 4.69) is 0 Å². The van der Waals surface area contributed by atoms with Gasteiger partial charge in [-0.3, -0.25) is 4.79 Å². The fourth-order valence-electron chi connectivity index (χ4n) is 3.29. The number of amides is 1. The van der Waals surface area contributed by atoms with Crippen molar-refractivity contribution >= 4 is 5.91 Å². The summed E-state index contributed by atoms with van der Waals surface area (Å²) in [7, 11) is 0. The molecule has 5 heteroatoms. The van der Waals surface area contributed by atoms with E-state index in [1.807, 2.05) is 18.7 Å². The molecule has 2 unspecified atom stereocenters. The lowest BCUT2D eigenvalue weighted by atomic mass is 10.0. The number of nitrogens with zero attached hydrogens (tertiary/aromatic N) is 1. The molecule has 2 fully saturated rings. The third-order valence-electron chi connectivity index (χ3n) is 4.52. The Bertz CT molecular complexity index is 576. The summed E-state index contributed by atoms with van der Waals surface area (Å²) in [6.07, 6.45) is -1.80. The Labute approximate surface area is 128 Å². The van der Waals surface area contributed by atoms with Crippen LogP contribution in [0.4, 0.5) is 13.2 Å². The van der Waals surface area contributed by atoms with Gasteiger partial charge in [-0.1, -0.05) is 18.2 Å². The topological polar surface area (TPSA) is 20.3 Å². The lowest BCUT2D eigenvalue weighted by Crippen LogP contribution is -2.40. The van der Waals surface area contributed by atoms with Gasteiger partial charge in [0.2, 0.25) is 5.91 Å². The van der Waals surface area contributed by atoms with Crippen LogP contribution in [0.2, 0.25) is 0 Å². The van der Waals surface area contributed by atoms with Gasteiger partial charge in [0.1, 0.15) is 0 Å². The smallest absolute Gasteiger partial charge is 0.337 e. The molecule has 1 aromatic rings. The SMILES string of the molecule is CC(C)N(C(=O)C1CC1c1ccccc1C(F)(F)F)C1CC1. The minimum absolute atomic E-state index is 0.0273. The third-order valence-corrected chi connectivity index (χ3v) is 4.52. The van der Waals surface area contributed by atoms with Gasteiger partial charge in [-0.05, 0) is 50.7 Å². The summed E-state index contributed by atoms with van der Waals surface area (Å²) >= 11 is 0. The minimum Gasteiger partial charge on any atom is -0.337 e. The number of carbonyl (C=O) groups is 1. The van der Waals surface area contributed by atoms with E-state index >= 15 is 0 Å². The number of benzene rings is 1. The maximum atomic E-state index is 13.1. The van der Waals surface area contributed by atoms with Crippen LogP contribution in [0.25, 0.3) is 0 Å². The van der Waals surface area contributed by atoms with Crippen molar-refractivity contribution in [3.63, 3.8) is 0 Å². The van der Waals surface area contributed by atoms with Crippen molar-refractivity contribution in [1.82, 2.24) is 4.90 Å². The molecule has 0 aromatic heterocycles. The van der Waals surface area contributed by atoms with Crippen molar-refractivity contribution < 1.29 is 18.0 Å². The Balaban J connectivity index is 1.79. The third kappa shape index (κ3) is 2.85. The van der Waals surface area contributed by atoms with Crippen molar-refractivity contribution in [2.75, 3.05) is 0 Å². The molecule has 0 heterocycles. The van der Waals surface area contributed by atoms with Crippen molar-refractivity contribution in [3.05, 3.63) is 35.4 Å². The molecular weight excluding hydrogens is 291 g/mol. The van der Waals surface area contributed by atoms with Gasteiger partial charge in [-0.15, -0.1) is 0 Å². The number of alkyl halides is 3. The van der Waals surface area contributed by atoms with Gasteiger partial charge in [-0.2, -0.15) is 13.2 Å². The van der Waals surface area contributed by atoms with Crippen LogP contribution in [-0.2, 0) is 11.0 Å². The average Bonchev–Trinajstić information content (AvgIpc) is 3.31. The molecule has 1 amide bonds. The Kier molecular flexibility index (Phi) is 3.69. The normalized spacial score (nSPS) is 24.5. The highest BCUT2D eigenvalue weighted by molar-refractivity contribution is 5.84. The number of rotatable bonds is 4. The highest BCUT2D eigenvalue weighted by atomic mass is 19.4. The van der Waals surface area contributed by atoms with E-state index < -0.39 is 11.7 Å². The highest BCUT2D eigenvalue weighted by Crippen LogP contribution is 2.52. The molecule has 120 valence electrons. The summed E-state index contributed by atoms with van der Waals surface area (Å²) in [5, 5.41) is 0. The zero-order valence-electron chi connectivity index (χ0n) is 12.7. The van der Waals surface area contributed by atoms with Crippen LogP contribution < -0.4 is 0 Å². The first-order valence-corrected chi connectivity index (χ1v) is 7.79. The first-order chi connectivity index (χ1) is 10.3. The zero-order valence-corrected chi connectivity index (χ0v) is 12.7. The van der Waals surface area contributed by atoms with E-state index in [0.29, 0.717) is 12.5 Å². The quantitative estimate of drug-likeness (QED) is 0.816. The molecule has 0 bridgehead atoms. The van der Waals surface area contributed by atoms with Gasteiger partial charge in [0.25, 0.3) is 0 Å². The molecule has 3 rings (SSSR count). The van der Waals surface area contributed by atoms with Crippen LogP contribution in [0.1, 0.15) is 50.2 Å². The molecule has 0 N–H and O–H groups in total. The van der Waals surface area contributed by atoms with Crippen molar-refractivity contribution in [3.8, 4) is 0 Å². The predicted octanol–water partition coefficient (Wildman–Crippen LogP) is 4.21. The predicted molar refractivity (Wildman–Crippen MR) is 77.3 cm³/mol. The first-order valence-electron chi connectivity index (χ1n) is 7.79. The molecule has 0 radical (unpaired) electrons. The molecule has 1 aromatic carbocycles. The monoisotopic (exact) mass is 311 g/mol. The molecule has 2 saturated carbocycles. The van der Waals surface area contributed by atoms with E-state index in [0.717, 1.165) is 18.9 Å².